The molecule has 1 saturated heterocycles. The smallest absolute Gasteiger partial charge is 0.108 e. The monoisotopic (exact) mass is 631 g/mol. The van der Waals surface area contributed by atoms with Crippen LogP contribution in [0, 0.1) is 5.92 Å². The minimum atomic E-state index is -0.199. The first kappa shape index (κ1) is 30.7. The highest BCUT2D eigenvalue weighted by Gasteiger charge is 2.58. The molecule has 3 atom stereocenters. The summed E-state index contributed by atoms with van der Waals surface area (Å²) in [6, 6.07) is 38.9. The standard InChI is InChI=1S/C38H39Cl2NO.ClH/c39-31-18-14-29(15-19-31)37(30-16-20-32(40)21-17-30)42-35-26-38(41-22-8-3-9-23-41)24-33(27-10-4-1-5-11-27)36(35)34(25-38)28-12-6-2-7-13-28;/h1-2,4-7,10-21,33-37H,3,8-9,22-26H2;1H/t33-,34-,35+,36?,38?;/m0./s1. The Morgan fingerprint density at radius 1 is 0.605 bits per heavy atom. The fourth-order valence-corrected chi connectivity index (χ4v) is 8.68. The van der Waals surface area contributed by atoms with Gasteiger partial charge in [0.15, 0.2) is 0 Å². The lowest BCUT2D eigenvalue weighted by Crippen LogP contribution is -2.64. The van der Waals surface area contributed by atoms with Crippen LogP contribution in [0.2, 0.25) is 10.0 Å². The molecule has 4 aliphatic rings. The van der Waals surface area contributed by atoms with E-state index in [2.05, 4.69) is 89.8 Å². The molecule has 0 spiro atoms. The fraction of sp³-hybridized carbons (Fsp3) is 0.368. The number of piperidine rings is 1. The highest BCUT2D eigenvalue weighted by Crippen LogP contribution is 2.61. The Morgan fingerprint density at radius 2 is 1.07 bits per heavy atom. The van der Waals surface area contributed by atoms with Gasteiger partial charge in [-0.05, 0) is 109 Å². The number of halogens is 3. The highest BCUT2D eigenvalue weighted by molar-refractivity contribution is 6.30. The molecule has 8 rings (SSSR count). The average molecular weight is 633 g/mol. The van der Waals surface area contributed by atoms with E-state index >= 15 is 0 Å². The predicted octanol–water partition coefficient (Wildman–Crippen LogP) is 10.5. The summed E-state index contributed by atoms with van der Waals surface area (Å²) in [7, 11) is 0. The lowest BCUT2D eigenvalue weighted by molar-refractivity contribution is -0.147. The van der Waals surface area contributed by atoms with Crippen LogP contribution < -0.4 is 0 Å². The van der Waals surface area contributed by atoms with Crippen LogP contribution in [0.1, 0.15) is 78.7 Å². The van der Waals surface area contributed by atoms with Gasteiger partial charge in [0, 0.05) is 15.6 Å². The number of likely N-dealkylation sites (tertiary alicyclic amines) is 1. The molecule has 224 valence electrons. The molecular formula is C38H40Cl3NO. The first-order valence-electron chi connectivity index (χ1n) is 15.6. The van der Waals surface area contributed by atoms with Gasteiger partial charge >= 0.3 is 0 Å². The number of fused-ring (bicyclic) bond motifs is 3. The van der Waals surface area contributed by atoms with E-state index in [0.717, 1.165) is 27.6 Å². The van der Waals surface area contributed by atoms with Gasteiger partial charge in [-0.25, -0.2) is 0 Å². The molecule has 4 aromatic carbocycles. The van der Waals surface area contributed by atoms with Gasteiger partial charge in [0.05, 0.1) is 6.10 Å². The molecule has 5 heteroatoms. The molecule has 2 bridgehead atoms. The largest absolute Gasteiger partial charge is 0.365 e. The molecule has 3 saturated carbocycles. The molecule has 3 aliphatic carbocycles. The van der Waals surface area contributed by atoms with Crippen molar-refractivity contribution in [2.75, 3.05) is 13.1 Å². The molecule has 1 heterocycles. The predicted molar refractivity (Wildman–Crippen MR) is 181 cm³/mol. The van der Waals surface area contributed by atoms with E-state index in [1.165, 1.54) is 56.3 Å². The summed E-state index contributed by atoms with van der Waals surface area (Å²) in [5, 5.41) is 1.48. The number of ether oxygens (including phenoxy) is 1. The highest BCUT2D eigenvalue weighted by atomic mass is 35.5. The van der Waals surface area contributed by atoms with Crippen molar-refractivity contribution in [2.45, 2.75) is 68.1 Å². The van der Waals surface area contributed by atoms with Gasteiger partial charge in [-0.1, -0.05) is 115 Å². The lowest BCUT2D eigenvalue weighted by Gasteiger charge is -2.62. The molecule has 0 N–H and O–H groups in total. The van der Waals surface area contributed by atoms with Gasteiger partial charge in [-0.2, -0.15) is 0 Å². The summed E-state index contributed by atoms with van der Waals surface area (Å²) in [5.74, 6) is 1.24. The van der Waals surface area contributed by atoms with E-state index in [-0.39, 0.29) is 30.2 Å². The second-order valence-electron chi connectivity index (χ2n) is 12.7. The topological polar surface area (TPSA) is 12.5 Å². The van der Waals surface area contributed by atoms with Crippen molar-refractivity contribution in [1.82, 2.24) is 4.90 Å². The quantitative estimate of drug-likeness (QED) is 0.201. The van der Waals surface area contributed by atoms with Gasteiger partial charge in [-0.15, -0.1) is 12.4 Å². The SMILES string of the molecule is Cl.Clc1ccc(C(O[C@@H]2CC3(N4CCCCC4)C[C@@H](c4ccccc4)C2[C@H](c2ccccc2)C3)c2ccc(Cl)cc2)cc1. The minimum Gasteiger partial charge on any atom is -0.365 e. The zero-order valence-electron chi connectivity index (χ0n) is 24.5. The summed E-state index contributed by atoms with van der Waals surface area (Å²) in [6.45, 7) is 2.39. The molecule has 43 heavy (non-hydrogen) atoms. The van der Waals surface area contributed by atoms with Crippen LogP contribution in [0.4, 0.5) is 0 Å². The van der Waals surface area contributed by atoms with Crippen LogP contribution in [0.25, 0.3) is 0 Å². The third-order valence-electron chi connectivity index (χ3n) is 10.3. The normalized spacial score (nSPS) is 27.1. The number of nitrogens with zero attached hydrogens (tertiary/aromatic N) is 1. The first-order chi connectivity index (χ1) is 20.6. The Kier molecular flexibility index (Phi) is 9.52. The Bertz CT molecular complexity index is 1360. The van der Waals surface area contributed by atoms with Crippen LogP contribution in [-0.2, 0) is 4.74 Å². The van der Waals surface area contributed by atoms with Crippen molar-refractivity contribution in [3.05, 3.63) is 141 Å². The summed E-state index contributed by atoms with van der Waals surface area (Å²) in [6.07, 6.45) is 7.31. The van der Waals surface area contributed by atoms with Crippen LogP contribution in [0.15, 0.2) is 109 Å². The number of hydrogen-bond donors (Lipinski definition) is 0. The number of benzene rings is 4. The van der Waals surface area contributed by atoms with E-state index < -0.39 is 0 Å². The molecule has 4 fully saturated rings. The maximum Gasteiger partial charge on any atom is 0.108 e. The van der Waals surface area contributed by atoms with Crippen molar-refractivity contribution in [2.24, 2.45) is 5.92 Å². The summed E-state index contributed by atoms with van der Waals surface area (Å²) in [5.41, 5.74) is 5.27. The van der Waals surface area contributed by atoms with E-state index in [9.17, 15) is 0 Å². The van der Waals surface area contributed by atoms with Gasteiger partial charge in [0.2, 0.25) is 0 Å². The zero-order chi connectivity index (χ0) is 28.5. The molecule has 0 amide bonds. The first-order valence-corrected chi connectivity index (χ1v) is 16.4. The van der Waals surface area contributed by atoms with Gasteiger partial charge in [0.25, 0.3) is 0 Å². The van der Waals surface area contributed by atoms with Crippen molar-refractivity contribution in [1.29, 1.82) is 0 Å². The Morgan fingerprint density at radius 3 is 1.53 bits per heavy atom. The van der Waals surface area contributed by atoms with E-state index in [1.807, 2.05) is 24.3 Å². The van der Waals surface area contributed by atoms with Crippen LogP contribution >= 0.6 is 35.6 Å². The van der Waals surface area contributed by atoms with Gasteiger partial charge in [0.1, 0.15) is 6.10 Å². The number of rotatable bonds is 7. The van der Waals surface area contributed by atoms with Gasteiger partial charge in [-0.3, -0.25) is 4.90 Å². The summed E-state index contributed by atoms with van der Waals surface area (Å²) in [4.78, 5) is 2.87. The molecular weight excluding hydrogens is 593 g/mol. The molecule has 0 aromatic heterocycles. The number of hydrogen-bond acceptors (Lipinski definition) is 2. The zero-order valence-corrected chi connectivity index (χ0v) is 26.8. The Labute approximate surface area is 272 Å². The van der Waals surface area contributed by atoms with Crippen LogP contribution in [0.3, 0.4) is 0 Å². The summed E-state index contributed by atoms with van der Waals surface area (Å²) < 4.78 is 7.48. The van der Waals surface area contributed by atoms with Crippen molar-refractivity contribution >= 4 is 35.6 Å². The van der Waals surface area contributed by atoms with E-state index in [1.54, 1.807) is 0 Å². The summed E-state index contributed by atoms with van der Waals surface area (Å²) >= 11 is 12.7. The van der Waals surface area contributed by atoms with E-state index in [4.69, 9.17) is 27.9 Å². The molecule has 4 aromatic rings. The van der Waals surface area contributed by atoms with Crippen LogP contribution in [0.5, 0.6) is 0 Å². The molecule has 1 aliphatic heterocycles. The second-order valence-corrected chi connectivity index (χ2v) is 13.5. The minimum absolute atomic E-state index is 0. The second kappa shape index (κ2) is 13.3. The molecule has 2 nitrogen and oxygen atoms in total. The molecule has 0 radical (unpaired) electrons. The Hall–Kier alpha value is -2.33. The average Bonchev–Trinajstić information content (AvgIpc) is 3.06. The van der Waals surface area contributed by atoms with Crippen molar-refractivity contribution < 1.29 is 4.74 Å². The fourth-order valence-electron chi connectivity index (χ4n) is 8.42. The van der Waals surface area contributed by atoms with Crippen molar-refractivity contribution in [3.63, 3.8) is 0 Å². The maximum atomic E-state index is 7.48. The lowest BCUT2D eigenvalue weighted by atomic mass is 9.51. The maximum absolute atomic E-state index is 7.48. The third kappa shape index (κ3) is 6.28. The van der Waals surface area contributed by atoms with E-state index in [0.29, 0.717) is 17.8 Å². The van der Waals surface area contributed by atoms with Gasteiger partial charge < -0.3 is 4.74 Å². The Balaban J connectivity index is 0.00000329. The van der Waals surface area contributed by atoms with Crippen molar-refractivity contribution in [3.8, 4) is 0 Å². The van der Waals surface area contributed by atoms with Crippen LogP contribution in [-0.4, -0.2) is 29.6 Å². The molecule has 0 unspecified atom stereocenters. The third-order valence-corrected chi connectivity index (χ3v) is 10.8.